The summed E-state index contributed by atoms with van der Waals surface area (Å²) in [5.41, 5.74) is 4.30. The van der Waals surface area contributed by atoms with Crippen molar-refractivity contribution in [1.29, 1.82) is 0 Å². The predicted octanol–water partition coefficient (Wildman–Crippen LogP) is 3.32. The van der Waals surface area contributed by atoms with Crippen LogP contribution in [-0.4, -0.2) is 25.1 Å². The van der Waals surface area contributed by atoms with E-state index < -0.39 is 0 Å². The SMILES string of the molecule is CC(=O)Nc1ccc(-n2cc(C)c3nc(/C=C/c4cccnc4)cc(=O)n32)cc1. The highest BCUT2D eigenvalue weighted by atomic mass is 16.1. The van der Waals surface area contributed by atoms with Gasteiger partial charge in [0.2, 0.25) is 5.91 Å². The van der Waals surface area contributed by atoms with E-state index in [-0.39, 0.29) is 11.5 Å². The molecule has 1 N–H and O–H groups in total. The van der Waals surface area contributed by atoms with Gasteiger partial charge < -0.3 is 5.32 Å². The number of fused-ring (bicyclic) bond motifs is 1. The molecule has 0 unspecified atom stereocenters. The second kappa shape index (κ2) is 7.55. The Kier molecular flexibility index (Phi) is 4.78. The molecule has 0 saturated carbocycles. The molecule has 0 spiro atoms. The van der Waals surface area contributed by atoms with Crippen LogP contribution in [0.2, 0.25) is 0 Å². The van der Waals surface area contributed by atoms with Gasteiger partial charge in [-0.1, -0.05) is 12.1 Å². The fourth-order valence-corrected chi connectivity index (χ4v) is 3.09. The summed E-state index contributed by atoms with van der Waals surface area (Å²) >= 11 is 0. The third kappa shape index (κ3) is 3.84. The van der Waals surface area contributed by atoms with Crippen LogP contribution in [0, 0.1) is 6.92 Å². The van der Waals surface area contributed by atoms with Crippen LogP contribution in [-0.2, 0) is 4.79 Å². The van der Waals surface area contributed by atoms with Crippen molar-refractivity contribution in [2.24, 2.45) is 0 Å². The maximum Gasteiger partial charge on any atom is 0.273 e. The number of pyridine rings is 1. The molecule has 0 radical (unpaired) electrons. The van der Waals surface area contributed by atoms with Crippen molar-refractivity contribution in [2.45, 2.75) is 13.8 Å². The standard InChI is InChI=1S/C22H19N5O2/c1-15-14-26(20-9-7-18(8-10-20)24-16(2)28)27-21(29)12-19(25-22(15)27)6-5-17-4-3-11-23-13-17/h3-14H,1-2H3,(H,24,28)/b6-5+. The summed E-state index contributed by atoms with van der Waals surface area (Å²) in [6.45, 7) is 3.38. The Balaban J connectivity index is 1.73. The van der Waals surface area contributed by atoms with E-state index >= 15 is 0 Å². The fourth-order valence-electron chi connectivity index (χ4n) is 3.09. The van der Waals surface area contributed by atoms with Gasteiger partial charge in [0, 0.05) is 42.8 Å². The van der Waals surface area contributed by atoms with Gasteiger partial charge >= 0.3 is 0 Å². The van der Waals surface area contributed by atoms with Crippen LogP contribution in [0.5, 0.6) is 0 Å². The monoisotopic (exact) mass is 385 g/mol. The molecule has 3 aromatic heterocycles. The molecule has 0 fully saturated rings. The Hall–Kier alpha value is -4.00. The zero-order chi connectivity index (χ0) is 20.4. The molecule has 0 saturated heterocycles. The van der Waals surface area contributed by atoms with Crippen LogP contribution in [0.1, 0.15) is 23.7 Å². The quantitative estimate of drug-likeness (QED) is 0.584. The minimum Gasteiger partial charge on any atom is -0.326 e. The molecule has 0 bridgehead atoms. The van der Waals surface area contributed by atoms with E-state index in [4.69, 9.17) is 0 Å². The molecule has 1 aromatic carbocycles. The van der Waals surface area contributed by atoms with Crippen molar-refractivity contribution in [2.75, 3.05) is 5.32 Å². The molecule has 0 aliphatic rings. The number of carbonyl (C=O) groups is 1. The lowest BCUT2D eigenvalue weighted by Gasteiger charge is -2.08. The summed E-state index contributed by atoms with van der Waals surface area (Å²) in [7, 11) is 0. The largest absolute Gasteiger partial charge is 0.326 e. The van der Waals surface area contributed by atoms with Crippen LogP contribution >= 0.6 is 0 Å². The number of nitrogens with one attached hydrogen (secondary N) is 1. The summed E-state index contributed by atoms with van der Waals surface area (Å²) in [6.07, 6.45) is 9.00. The number of carbonyl (C=O) groups excluding carboxylic acids is 1. The molecule has 29 heavy (non-hydrogen) atoms. The lowest BCUT2D eigenvalue weighted by Crippen LogP contribution is -2.20. The topological polar surface area (TPSA) is 81.3 Å². The van der Waals surface area contributed by atoms with Gasteiger partial charge in [0.15, 0.2) is 5.65 Å². The lowest BCUT2D eigenvalue weighted by molar-refractivity contribution is -0.114. The summed E-state index contributed by atoms with van der Waals surface area (Å²) in [5, 5.41) is 2.73. The van der Waals surface area contributed by atoms with E-state index in [1.165, 1.54) is 17.5 Å². The van der Waals surface area contributed by atoms with Gasteiger partial charge in [-0.2, -0.15) is 4.52 Å². The van der Waals surface area contributed by atoms with E-state index in [1.54, 1.807) is 35.3 Å². The van der Waals surface area contributed by atoms with Crippen molar-refractivity contribution in [3.63, 3.8) is 0 Å². The van der Waals surface area contributed by atoms with Crippen molar-refractivity contribution in [1.82, 2.24) is 19.2 Å². The number of anilines is 1. The molecule has 0 aliphatic carbocycles. The number of benzene rings is 1. The molecular formula is C22H19N5O2. The van der Waals surface area contributed by atoms with Crippen LogP contribution < -0.4 is 10.9 Å². The summed E-state index contributed by atoms with van der Waals surface area (Å²) in [6, 6.07) is 12.6. The summed E-state index contributed by atoms with van der Waals surface area (Å²) in [5.74, 6) is -0.132. The van der Waals surface area contributed by atoms with E-state index in [1.807, 2.05) is 43.5 Å². The van der Waals surface area contributed by atoms with Gasteiger partial charge in [0.1, 0.15) is 0 Å². The Labute approximate surface area is 167 Å². The minimum absolute atomic E-state index is 0.132. The van der Waals surface area contributed by atoms with E-state index in [2.05, 4.69) is 15.3 Å². The first-order chi connectivity index (χ1) is 14.0. The van der Waals surface area contributed by atoms with Crippen molar-refractivity contribution in [3.05, 3.63) is 88.2 Å². The average molecular weight is 385 g/mol. The van der Waals surface area contributed by atoms with Crippen LogP contribution in [0.4, 0.5) is 5.69 Å². The average Bonchev–Trinajstić information content (AvgIpc) is 3.04. The summed E-state index contributed by atoms with van der Waals surface area (Å²) in [4.78, 5) is 32.7. The first-order valence-electron chi connectivity index (χ1n) is 9.09. The highest BCUT2D eigenvalue weighted by Gasteiger charge is 2.11. The highest BCUT2D eigenvalue weighted by Crippen LogP contribution is 2.17. The molecule has 0 aliphatic heterocycles. The molecule has 1 amide bonds. The molecule has 3 heterocycles. The summed E-state index contributed by atoms with van der Waals surface area (Å²) < 4.78 is 3.29. The third-order valence-electron chi connectivity index (χ3n) is 4.38. The van der Waals surface area contributed by atoms with Crippen LogP contribution in [0.15, 0.2) is 65.8 Å². The van der Waals surface area contributed by atoms with Crippen molar-refractivity contribution in [3.8, 4) is 5.69 Å². The number of hydrogen-bond acceptors (Lipinski definition) is 4. The number of rotatable bonds is 4. The van der Waals surface area contributed by atoms with Crippen LogP contribution in [0.3, 0.4) is 0 Å². The van der Waals surface area contributed by atoms with Gasteiger partial charge in [-0.15, -0.1) is 0 Å². The first-order valence-corrected chi connectivity index (χ1v) is 9.09. The number of aromatic nitrogens is 4. The van der Waals surface area contributed by atoms with Gasteiger partial charge in [-0.05, 0) is 48.9 Å². The van der Waals surface area contributed by atoms with Gasteiger partial charge in [-0.3, -0.25) is 19.3 Å². The Bertz CT molecular complexity index is 1270. The number of nitrogens with zero attached hydrogens (tertiary/aromatic N) is 4. The second-order valence-corrected chi connectivity index (χ2v) is 6.66. The Morgan fingerprint density at radius 1 is 1.14 bits per heavy atom. The smallest absolute Gasteiger partial charge is 0.273 e. The van der Waals surface area contributed by atoms with Crippen molar-refractivity contribution < 1.29 is 4.79 Å². The van der Waals surface area contributed by atoms with Crippen LogP contribution in [0.25, 0.3) is 23.5 Å². The number of hydrogen-bond donors (Lipinski definition) is 1. The predicted molar refractivity (Wildman–Crippen MR) is 113 cm³/mol. The molecule has 7 nitrogen and oxygen atoms in total. The molecular weight excluding hydrogens is 366 g/mol. The maximum atomic E-state index is 12.8. The van der Waals surface area contributed by atoms with E-state index in [9.17, 15) is 9.59 Å². The van der Waals surface area contributed by atoms with Crippen molar-refractivity contribution >= 4 is 29.4 Å². The first kappa shape index (κ1) is 18.4. The molecule has 0 atom stereocenters. The normalized spacial score (nSPS) is 11.2. The second-order valence-electron chi connectivity index (χ2n) is 6.66. The number of amides is 1. The lowest BCUT2D eigenvalue weighted by atomic mass is 10.2. The Morgan fingerprint density at radius 2 is 1.93 bits per heavy atom. The zero-order valence-electron chi connectivity index (χ0n) is 16.0. The number of aryl methyl sites for hydroxylation is 1. The van der Waals surface area contributed by atoms with Gasteiger partial charge in [0.05, 0.1) is 11.4 Å². The zero-order valence-corrected chi connectivity index (χ0v) is 16.0. The third-order valence-corrected chi connectivity index (χ3v) is 4.38. The van der Waals surface area contributed by atoms with E-state index in [0.717, 1.165) is 16.8 Å². The minimum atomic E-state index is -0.181. The molecule has 144 valence electrons. The molecule has 4 rings (SSSR count). The highest BCUT2D eigenvalue weighted by molar-refractivity contribution is 5.88. The van der Waals surface area contributed by atoms with Gasteiger partial charge in [0.25, 0.3) is 5.56 Å². The van der Waals surface area contributed by atoms with E-state index in [0.29, 0.717) is 17.0 Å². The Morgan fingerprint density at radius 3 is 2.62 bits per heavy atom. The van der Waals surface area contributed by atoms with Gasteiger partial charge in [-0.25, -0.2) is 4.98 Å². The maximum absolute atomic E-state index is 12.8. The fraction of sp³-hybridized carbons (Fsp3) is 0.0909. The molecule has 4 aromatic rings. The molecule has 7 heteroatoms.